The van der Waals surface area contributed by atoms with Gasteiger partial charge in [-0.1, -0.05) is 26.0 Å². The number of nitrogens with one attached hydrogen (secondary N) is 3. The van der Waals surface area contributed by atoms with Crippen molar-refractivity contribution < 1.29 is 29.4 Å². The van der Waals surface area contributed by atoms with Crippen LogP contribution in [0.3, 0.4) is 0 Å². The number of aromatic hydroxyl groups is 1. The number of rotatable bonds is 15. The third-order valence-corrected chi connectivity index (χ3v) is 5.77. The van der Waals surface area contributed by atoms with Crippen LogP contribution in [0.25, 0.3) is 0 Å². The molecule has 0 aromatic heterocycles. The predicted octanol–water partition coefficient (Wildman–Crippen LogP) is -0.484. The molecule has 1 rings (SSSR count). The third-order valence-electron chi connectivity index (χ3n) is 5.41. The molecule has 0 radical (unpaired) electrons. The highest BCUT2D eigenvalue weighted by Crippen LogP contribution is 2.12. The van der Waals surface area contributed by atoms with E-state index in [0.29, 0.717) is 24.9 Å². The summed E-state index contributed by atoms with van der Waals surface area (Å²) in [5.74, 6) is -3.31. The van der Waals surface area contributed by atoms with E-state index < -0.39 is 47.9 Å². The molecule has 0 spiro atoms. The number of hydrogen-bond donors (Lipinski definition) is 8. The summed E-state index contributed by atoms with van der Waals surface area (Å²) in [6.45, 7) is 3.95. The summed E-state index contributed by atoms with van der Waals surface area (Å²) in [7, 11) is 0. The zero-order chi connectivity index (χ0) is 26.5. The zero-order valence-electron chi connectivity index (χ0n) is 20.1. The number of carboxylic acids is 1. The summed E-state index contributed by atoms with van der Waals surface area (Å²) >= 11 is 4.12. The summed E-state index contributed by atoms with van der Waals surface area (Å²) in [5.41, 5.74) is 12.0. The van der Waals surface area contributed by atoms with Crippen molar-refractivity contribution in [1.82, 2.24) is 16.0 Å². The molecule has 0 aliphatic rings. The quantitative estimate of drug-likeness (QED) is 0.114. The lowest BCUT2D eigenvalue weighted by molar-refractivity contribution is -0.142. The van der Waals surface area contributed by atoms with Gasteiger partial charge in [-0.2, -0.15) is 12.6 Å². The lowest BCUT2D eigenvalue weighted by Gasteiger charge is -2.25. The Labute approximate surface area is 210 Å². The van der Waals surface area contributed by atoms with E-state index in [1.165, 1.54) is 12.1 Å². The van der Waals surface area contributed by atoms with Crippen LogP contribution in [-0.4, -0.2) is 70.4 Å². The van der Waals surface area contributed by atoms with Gasteiger partial charge in [0.25, 0.3) is 0 Å². The summed E-state index contributed by atoms with van der Waals surface area (Å²) in [5, 5.41) is 26.5. The first-order chi connectivity index (χ1) is 16.5. The van der Waals surface area contributed by atoms with Crippen molar-refractivity contribution in [3.05, 3.63) is 29.8 Å². The predicted molar refractivity (Wildman–Crippen MR) is 135 cm³/mol. The normalized spacial score (nSPS) is 14.5. The maximum atomic E-state index is 13.1. The topological polar surface area (TPSA) is 197 Å². The molecule has 0 heterocycles. The number of aliphatic carboxylic acids is 1. The van der Waals surface area contributed by atoms with Gasteiger partial charge in [0.15, 0.2) is 0 Å². The monoisotopic (exact) mass is 511 g/mol. The van der Waals surface area contributed by atoms with Crippen LogP contribution in [0.5, 0.6) is 5.75 Å². The Bertz CT molecular complexity index is 851. The minimum absolute atomic E-state index is 0.0480. The molecular weight excluding hydrogens is 474 g/mol. The van der Waals surface area contributed by atoms with Crippen LogP contribution in [0.15, 0.2) is 24.3 Å². The van der Waals surface area contributed by atoms with Gasteiger partial charge in [0.05, 0.1) is 6.04 Å². The molecule has 3 amide bonds. The van der Waals surface area contributed by atoms with Gasteiger partial charge in [-0.05, 0) is 49.4 Å². The van der Waals surface area contributed by atoms with Crippen molar-refractivity contribution in [2.24, 2.45) is 17.4 Å². The summed E-state index contributed by atoms with van der Waals surface area (Å²) in [4.78, 5) is 49.8. The Hall–Kier alpha value is -2.83. The maximum Gasteiger partial charge on any atom is 0.326 e. The molecule has 0 saturated carbocycles. The lowest BCUT2D eigenvalue weighted by Crippen LogP contribution is -2.58. The van der Waals surface area contributed by atoms with Gasteiger partial charge in [-0.25, -0.2) is 4.79 Å². The van der Waals surface area contributed by atoms with Crippen molar-refractivity contribution >= 4 is 36.3 Å². The Kier molecular flexibility index (Phi) is 13.1. The number of carbonyl (C=O) groups excluding carboxylic acids is 3. The second-order valence-electron chi connectivity index (χ2n) is 8.63. The number of benzene rings is 1. The van der Waals surface area contributed by atoms with E-state index >= 15 is 0 Å². The average molecular weight is 512 g/mol. The van der Waals surface area contributed by atoms with Crippen LogP contribution in [0, 0.1) is 5.92 Å². The fourth-order valence-electron chi connectivity index (χ4n) is 3.14. The van der Waals surface area contributed by atoms with Crippen LogP contribution in [0.2, 0.25) is 0 Å². The molecule has 1 aromatic rings. The average Bonchev–Trinajstić information content (AvgIpc) is 2.81. The van der Waals surface area contributed by atoms with Crippen molar-refractivity contribution in [2.45, 2.75) is 63.7 Å². The van der Waals surface area contributed by atoms with E-state index in [1.54, 1.807) is 26.0 Å². The molecule has 35 heavy (non-hydrogen) atoms. The van der Waals surface area contributed by atoms with Crippen LogP contribution >= 0.6 is 12.6 Å². The summed E-state index contributed by atoms with van der Waals surface area (Å²) in [6, 6.07) is 1.91. The largest absolute Gasteiger partial charge is 0.508 e. The molecule has 0 aliphatic carbocycles. The number of unbranched alkanes of at least 4 members (excludes halogenated alkanes) is 1. The maximum absolute atomic E-state index is 13.1. The number of carbonyl (C=O) groups is 4. The van der Waals surface area contributed by atoms with Crippen molar-refractivity contribution in [3.63, 3.8) is 0 Å². The van der Waals surface area contributed by atoms with Crippen molar-refractivity contribution in [1.29, 1.82) is 0 Å². The molecular formula is C23H37N5O6S. The van der Waals surface area contributed by atoms with E-state index in [4.69, 9.17) is 11.5 Å². The molecule has 0 saturated heterocycles. The number of carboxylic acid groups (broad SMARTS) is 1. The molecule has 0 fully saturated rings. The molecule has 12 heteroatoms. The standard InChI is InChI=1S/C23H37N5O6S/c1-13(2)19(25)22(32)27-17(11-14-6-8-15(29)9-7-14)20(30)28-18(12-35)21(31)26-16(23(33)34)5-3-4-10-24/h6-9,13,16-19,29,35H,3-5,10-12,24-25H2,1-2H3,(H,26,31)(H,27,32)(H,28,30)(H,33,34). The number of hydrogen-bond acceptors (Lipinski definition) is 8. The number of amides is 3. The Morgan fingerprint density at radius 3 is 1.97 bits per heavy atom. The molecule has 0 bridgehead atoms. The highest BCUT2D eigenvalue weighted by atomic mass is 32.1. The molecule has 11 nitrogen and oxygen atoms in total. The SMILES string of the molecule is CC(C)C(N)C(=O)NC(Cc1ccc(O)cc1)C(=O)NC(CS)C(=O)NC(CCCCN)C(=O)O. The number of phenolic OH excluding ortho intramolecular Hbond substituents is 1. The van der Waals surface area contributed by atoms with Crippen LogP contribution in [0.1, 0.15) is 38.7 Å². The van der Waals surface area contributed by atoms with E-state index in [0.717, 1.165) is 0 Å². The lowest BCUT2D eigenvalue weighted by atomic mass is 10.0. The van der Waals surface area contributed by atoms with Crippen LogP contribution in [0.4, 0.5) is 0 Å². The van der Waals surface area contributed by atoms with Gasteiger partial charge >= 0.3 is 5.97 Å². The highest BCUT2D eigenvalue weighted by molar-refractivity contribution is 7.80. The van der Waals surface area contributed by atoms with Crippen molar-refractivity contribution in [3.8, 4) is 5.75 Å². The fourth-order valence-corrected chi connectivity index (χ4v) is 3.39. The second kappa shape index (κ2) is 15.2. The van der Waals surface area contributed by atoms with Crippen LogP contribution in [-0.2, 0) is 25.6 Å². The first-order valence-corrected chi connectivity index (χ1v) is 12.1. The first-order valence-electron chi connectivity index (χ1n) is 11.5. The van der Waals surface area contributed by atoms with Gasteiger partial charge in [0.2, 0.25) is 17.7 Å². The van der Waals surface area contributed by atoms with Crippen LogP contribution < -0.4 is 27.4 Å². The Morgan fingerprint density at radius 1 is 0.914 bits per heavy atom. The number of thiol groups is 1. The summed E-state index contributed by atoms with van der Waals surface area (Å²) < 4.78 is 0. The molecule has 1 aromatic carbocycles. The zero-order valence-corrected chi connectivity index (χ0v) is 21.0. The van der Waals surface area contributed by atoms with E-state index in [-0.39, 0.29) is 30.3 Å². The second-order valence-corrected chi connectivity index (χ2v) is 8.99. The van der Waals surface area contributed by atoms with Crippen molar-refractivity contribution in [2.75, 3.05) is 12.3 Å². The molecule has 196 valence electrons. The van der Waals surface area contributed by atoms with Gasteiger partial charge in [-0.15, -0.1) is 0 Å². The molecule has 4 atom stereocenters. The minimum atomic E-state index is -1.19. The van der Waals surface area contributed by atoms with Gasteiger partial charge in [0.1, 0.15) is 23.9 Å². The van der Waals surface area contributed by atoms with E-state index in [2.05, 4.69) is 28.6 Å². The highest BCUT2D eigenvalue weighted by Gasteiger charge is 2.30. The molecule has 0 aliphatic heterocycles. The number of phenols is 1. The van der Waals surface area contributed by atoms with Gasteiger partial charge < -0.3 is 37.6 Å². The third kappa shape index (κ3) is 10.5. The smallest absolute Gasteiger partial charge is 0.326 e. The summed E-state index contributed by atoms with van der Waals surface area (Å²) in [6.07, 6.45) is 1.39. The fraction of sp³-hybridized carbons (Fsp3) is 0.565. The number of nitrogens with two attached hydrogens (primary N) is 2. The van der Waals surface area contributed by atoms with E-state index in [9.17, 15) is 29.4 Å². The molecule has 9 N–H and O–H groups in total. The minimum Gasteiger partial charge on any atom is -0.508 e. The van der Waals surface area contributed by atoms with E-state index in [1.807, 2.05) is 0 Å². The van der Waals surface area contributed by atoms with Gasteiger partial charge in [-0.3, -0.25) is 14.4 Å². The molecule has 4 unspecified atom stereocenters. The van der Waals surface area contributed by atoms with Gasteiger partial charge in [0, 0.05) is 12.2 Å². The Morgan fingerprint density at radius 2 is 1.46 bits per heavy atom. The first kappa shape index (κ1) is 30.2. The Balaban J connectivity index is 2.97.